The number of fused-ring (bicyclic) bond motifs is 2. The largest absolute Gasteiger partial charge is 0.249 e. The molecule has 2 aliphatic carbocycles. The van der Waals surface area contributed by atoms with Gasteiger partial charge in [-0.15, -0.1) is 5.10 Å². The highest BCUT2D eigenvalue weighted by Crippen LogP contribution is 2.52. The monoisotopic (exact) mass is 219 g/mol. The Bertz CT molecular complexity index is 383. The quantitative estimate of drug-likeness (QED) is 0.765. The molecule has 2 aliphatic rings. The molecule has 0 amide bonds. The van der Waals surface area contributed by atoms with E-state index in [1.54, 1.807) is 0 Å². The van der Waals surface area contributed by atoms with Crippen LogP contribution in [-0.4, -0.2) is 15.0 Å². The predicted molar refractivity (Wildman–Crippen MR) is 63.1 cm³/mol. The third-order valence-corrected chi connectivity index (χ3v) is 4.54. The maximum absolute atomic E-state index is 4.37. The molecule has 16 heavy (non-hydrogen) atoms. The van der Waals surface area contributed by atoms with Crippen molar-refractivity contribution in [1.82, 2.24) is 15.0 Å². The van der Waals surface area contributed by atoms with Crippen LogP contribution in [0, 0.1) is 17.8 Å². The average Bonchev–Trinajstić information content (AvgIpc) is 2.68. The minimum atomic E-state index is 0.969. The Labute approximate surface area is 97.2 Å². The van der Waals surface area contributed by atoms with E-state index in [0.29, 0.717) is 0 Å². The number of aryl methyl sites for hydroxylation is 2. The molecule has 1 aromatic heterocycles. The zero-order valence-electron chi connectivity index (χ0n) is 10.3. The summed E-state index contributed by atoms with van der Waals surface area (Å²) in [5.41, 5.74) is 2.71. The summed E-state index contributed by atoms with van der Waals surface area (Å²) in [6.07, 6.45) is 6.20. The van der Waals surface area contributed by atoms with Gasteiger partial charge in [-0.1, -0.05) is 19.1 Å². The second kappa shape index (κ2) is 3.86. The highest BCUT2D eigenvalue weighted by Gasteiger charge is 2.46. The summed E-state index contributed by atoms with van der Waals surface area (Å²) >= 11 is 0. The highest BCUT2D eigenvalue weighted by molar-refractivity contribution is 5.14. The molecule has 0 radical (unpaired) electrons. The van der Waals surface area contributed by atoms with Crippen LogP contribution in [0.1, 0.15) is 44.5 Å². The first-order chi connectivity index (χ1) is 7.81. The van der Waals surface area contributed by atoms with E-state index < -0.39 is 0 Å². The van der Waals surface area contributed by atoms with Crippen LogP contribution >= 0.6 is 0 Å². The molecule has 0 saturated heterocycles. The van der Waals surface area contributed by atoms with Gasteiger partial charge < -0.3 is 0 Å². The summed E-state index contributed by atoms with van der Waals surface area (Å²) in [6, 6.07) is 0. The van der Waals surface area contributed by atoms with E-state index in [2.05, 4.69) is 28.8 Å². The summed E-state index contributed by atoms with van der Waals surface area (Å²) in [5, 5.41) is 8.66. The molecular formula is C13H21N3. The molecule has 3 heteroatoms. The fourth-order valence-corrected chi connectivity index (χ4v) is 3.43. The molecule has 3 rings (SSSR count). The lowest BCUT2D eigenvalue weighted by molar-refractivity contribution is 0.528. The number of hydrogen-bond acceptors (Lipinski definition) is 2. The van der Waals surface area contributed by atoms with Gasteiger partial charge in [-0.25, -0.2) is 4.68 Å². The van der Waals surface area contributed by atoms with Crippen LogP contribution in [0.25, 0.3) is 0 Å². The van der Waals surface area contributed by atoms with Crippen molar-refractivity contribution in [1.29, 1.82) is 0 Å². The SMILES string of the molecule is CCCn1nnc2c1CC[C@@H]1[C@@H](C)[C@@H]1CC2. The maximum atomic E-state index is 4.37. The molecule has 88 valence electrons. The zero-order valence-corrected chi connectivity index (χ0v) is 10.3. The Morgan fingerprint density at radius 1 is 1.25 bits per heavy atom. The number of aromatic nitrogens is 3. The molecule has 3 nitrogen and oxygen atoms in total. The Hall–Kier alpha value is -0.860. The molecule has 0 N–H and O–H groups in total. The van der Waals surface area contributed by atoms with Crippen molar-refractivity contribution in [3.8, 4) is 0 Å². The fourth-order valence-electron chi connectivity index (χ4n) is 3.43. The molecule has 0 aromatic carbocycles. The molecule has 0 unspecified atom stereocenters. The van der Waals surface area contributed by atoms with Crippen molar-refractivity contribution < 1.29 is 0 Å². The van der Waals surface area contributed by atoms with E-state index in [-0.39, 0.29) is 0 Å². The normalized spacial score (nSPS) is 32.5. The Morgan fingerprint density at radius 2 is 2.00 bits per heavy atom. The molecule has 3 atom stereocenters. The Balaban J connectivity index is 1.81. The van der Waals surface area contributed by atoms with Gasteiger partial charge in [0.05, 0.1) is 11.4 Å². The number of nitrogens with zero attached hydrogens (tertiary/aromatic N) is 3. The lowest BCUT2D eigenvalue weighted by atomic mass is 10.0. The van der Waals surface area contributed by atoms with E-state index in [0.717, 1.165) is 37.1 Å². The van der Waals surface area contributed by atoms with Crippen molar-refractivity contribution >= 4 is 0 Å². The van der Waals surface area contributed by atoms with Gasteiger partial charge >= 0.3 is 0 Å². The number of hydrogen-bond donors (Lipinski definition) is 0. The van der Waals surface area contributed by atoms with Gasteiger partial charge in [-0.3, -0.25) is 0 Å². The smallest absolute Gasteiger partial charge is 0.0859 e. The Kier molecular flexibility index (Phi) is 2.49. The van der Waals surface area contributed by atoms with Crippen LogP contribution < -0.4 is 0 Å². The van der Waals surface area contributed by atoms with Crippen LogP contribution in [-0.2, 0) is 19.4 Å². The van der Waals surface area contributed by atoms with Crippen LogP contribution in [0.5, 0.6) is 0 Å². The first kappa shape index (κ1) is 10.3. The maximum Gasteiger partial charge on any atom is 0.0859 e. The van der Waals surface area contributed by atoms with Crippen molar-refractivity contribution in [2.75, 3.05) is 0 Å². The first-order valence-corrected chi connectivity index (χ1v) is 6.72. The van der Waals surface area contributed by atoms with Crippen LogP contribution in [0.4, 0.5) is 0 Å². The van der Waals surface area contributed by atoms with Crippen molar-refractivity contribution in [3.05, 3.63) is 11.4 Å². The molecule has 1 aromatic rings. The van der Waals surface area contributed by atoms with Crippen LogP contribution in [0.2, 0.25) is 0 Å². The summed E-state index contributed by atoms with van der Waals surface area (Å²) in [5.74, 6) is 2.96. The summed E-state index contributed by atoms with van der Waals surface area (Å²) in [7, 11) is 0. The lowest BCUT2D eigenvalue weighted by Crippen LogP contribution is -2.08. The van der Waals surface area contributed by atoms with Crippen molar-refractivity contribution in [3.63, 3.8) is 0 Å². The van der Waals surface area contributed by atoms with Gasteiger partial charge in [-0.2, -0.15) is 0 Å². The molecule has 0 bridgehead atoms. The van der Waals surface area contributed by atoms with Gasteiger partial charge in [-0.05, 0) is 49.9 Å². The third kappa shape index (κ3) is 1.57. The molecular weight excluding hydrogens is 198 g/mol. The van der Waals surface area contributed by atoms with E-state index in [9.17, 15) is 0 Å². The van der Waals surface area contributed by atoms with Gasteiger partial charge in [0.1, 0.15) is 0 Å². The van der Waals surface area contributed by atoms with Crippen molar-refractivity contribution in [2.45, 2.75) is 52.5 Å². The fraction of sp³-hybridized carbons (Fsp3) is 0.846. The standard InChI is InChI=1S/C13H21N3/c1-3-8-16-13-7-5-11-9(2)10(11)4-6-12(13)14-15-16/h9-11H,3-8H2,1-2H3/t9-,10-,11+/m0/s1. The van der Waals surface area contributed by atoms with Gasteiger partial charge in [0.2, 0.25) is 0 Å². The van der Waals surface area contributed by atoms with E-state index in [1.165, 1.54) is 30.7 Å². The van der Waals surface area contributed by atoms with Crippen LogP contribution in [0.3, 0.4) is 0 Å². The predicted octanol–water partition coefficient (Wildman–Crippen LogP) is 2.45. The third-order valence-electron chi connectivity index (χ3n) is 4.54. The summed E-state index contributed by atoms with van der Waals surface area (Å²) in [6.45, 7) is 5.65. The molecule has 1 heterocycles. The van der Waals surface area contributed by atoms with E-state index >= 15 is 0 Å². The van der Waals surface area contributed by atoms with E-state index in [4.69, 9.17) is 0 Å². The second-order valence-corrected chi connectivity index (χ2v) is 5.47. The van der Waals surface area contributed by atoms with Gasteiger partial charge in [0.15, 0.2) is 0 Å². The van der Waals surface area contributed by atoms with Crippen molar-refractivity contribution in [2.24, 2.45) is 17.8 Å². The molecule has 0 aliphatic heterocycles. The van der Waals surface area contributed by atoms with Crippen LogP contribution in [0.15, 0.2) is 0 Å². The molecule has 0 spiro atoms. The topological polar surface area (TPSA) is 30.7 Å². The minimum Gasteiger partial charge on any atom is -0.249 e. The average molecular weight is 219 g/mol. The second-order valence-electron chi connectivity index (χ2n) is 5.47. The number of rotatable bonds is 2. The van der Waals surface area contributed by atoms with Gasteiger partial charge in [0.25, 0.3) is 0 Å². The zero-order chi connectivity index (χ0) is 11.1. The summed E-state index contributed by atoms with van der Waals surface area (Å²) in [4.78, 5) is 0. The molecule has 1 fully saturated rings. The Morgan fingerprint density at radius 3 is 2.75 bits per heavy atom. The molecule has 1 saturated carbocycles. The van der Waals surface area contributed by atoms with E-state index in [1.807, 2.05) is 0 Å². The first-order valence-electron chi connectivity index (χ1n) is 6.72. The lowest BCUT2D eigenvalue weighted by Gasteiger charge is -2.09. The van der Waals surface area contributed by atoms with Gasteiger partial charge in [0, 0.05) is 6.54 Å². The minimum absolute atomic E-state index is 0.969. The highest BCUT2D eigenvalue weighted by atomic mass is 15.4. The summed E-state index contributed by atoms with van der Waals surface area (Å²) < 4.78 is 2.14.